The van der Waals surface area contributed by atoms with Crippen LogP contribution in [0.2, 0.25) is 0 Å². The van der Waals surface area contributed by atoms with Crippen molar-refractivity contribution in [2.24, 2.45) is 0 Å². The Bertz CT molecular complexity index is 621. The first-order valence-corrected chi connectivity index (χ1v) is 6.01. The second-order valence-corrected chi connectivity index (χ2v) is 4.83. The van der Waals surface area contributed by atoms with Crippen LogP contribution in [0.3, 0.4) is 0 Å². The molecular formula is C13H10N3S. The summed E-state index contributed by atoms with van der Waals surface area (Å²) < 4.78 is 2.07. The molecule has 0 saturated carbocycles. The van der Waals surface area contributed by atoms with Crippen molar-refractivity contribution >= 4 is 24.3 Å². The molecule has 4 heteroatoms. The molecule has 0 amide bonds. The van der Waals surface area contributed by atoms with Crippen LogP contribution in [0.25, 0.3) is 5.70 Å². The van der Waals surface area contributed by atoms with Gasteiger partial charge in [-0.1, -0.05) is 36.9 Å². The van der Waals surface area contributed by atoms with Crippen LogP contribution in [-0.2, 0) is 0 Å². The van der Waals surface area contributed by atoms with Gasteiger partial charge in [0.05, 0.1) is 11.9 Å². The number of hydrogen-bond donors (Lipinski definition) is 0. The molecule has 3 heterocycles. The Morgan fingerprint density at radius 2 is 2.24 bits per heavy atom. The average Bonchev–Trinajstić information content (AvgIpc) is 2.86. The van der Waals surface area contributed by atoms with Crippen molar-refractivity contribution in [1.82, 2.24) is 9.55 Å². The number of imidazole rings is 1. The van der Waals surface area contributed by atoms with Crippen LogP contribution in [0.4, 0.5) is 5.95 Å². The van der Waals surface area contributed by atoms with E-state index in [9.17, 15) is 0 Å². The van der Waals surface area contributed by atoms with E-state index >= 15 is 0 Å². The highest BCUT2D eigenvalue weighted by atomic mass is 32.1. The van der Waals surface area contributed by atoms with Crippen molar-refractivity contribution in [1.29, 1.82) is 0 Å². The highest BCUT2D eigenvalue weighted by Crippen LogP contribution is 2.48. The maximum Gasteiger partial charge on any atom is 0.216 e. The fourth-order valence-electron chi connectivity index (χ4n) is 2.83. The molecule has 0 saturated heterocycles. The van der Waals surface area contributed by atoms with E-state index in [1.54, 1.807) is 6.20 Å². The van der Waals surface area contributed by atoms with Gasteiger partial charge >= 0.3 is 0 Å². The summed E-state index contributed by atoms with van der Waals surface area (Å²) in [5.74, 6) is 0.922. The lowest BCUT2D eigenvalue weighted by atomic mass is 9.85. The highest BCUT2D eigenvalue weighted by Gasteiger charge is 2.48. The molecule has 3 nitrogen and oxygen atoms in total. The molecule has 3 aliphatic rings. The molecule has 1 aromatic heterocycles. The number of rotatable bonds is 0. The molecule has 4 rings (SSSR count). The Morgan fingerprint density at radius 1 is 1.29 bits per heavy atom. The summed E-state index contributed by atoms with van der Waals surface area (Å²) in [6, 6.07) is 0. The summed E-state index contributed by atoms with van der Waals surface area (Å²) in [6.45, 7) is 0. The number of nitrogens with zero attached hydrogens (tertiary/aromatic N) is 3. The smallest absolute Gasteiger partial charge is 0.216 e. The number of allylic oxidation sites excluding steroid dienone is 4. The third-order valence-corrected chi connectivity index (χ3v) is 3.87. The Balaban J connectivity index is 2.06. The topological polar surface area (TPSA) is 21.1 Å². The highest BCUT2D eigenvalue weighted by molar-refractivity contribution is 7.80. The van der Waals surface area contributed by atoms with Gasteiger partial charge in [0, 0.05) is 6.20 Å². The molecule has 0 N–H and O–H groups in total. The van der Waals surface area contributed by atoms with E-state index in [1.165, 1.54) is 5.70 Å². The van der Waals surface area contributed by atoms with Crippen LogP contribution in [0.1, 0.15) is 6.42 Å². The number of anilines is 1. The number of hydrogen-bond acceptors (Lipinski definition) is 2. The monoisotopic (exact) mass is 240 g/mol. The lowest BCUT2D eigenvalue weighted by Gasteiger charge is -2.37. The number of fused-ring (bicyclic) bond motifs is 3. The third-order valence-electron chi connectivity index (χ3n) is 3.58. The lowest BCUT2D eigenvalue weighted by Crippen LogP contribution is -2.43. The van der Waals surface area contributed by atoms with Gasteiger partial charge in [-0.05, 0) is 18.6 Å². The second-order valence-electron chi connectivity index (χ2n) is 4.41. The molecule has 17 heavy (non-hydrogen) atoms. The van der Waals surface area contributed by atoms with Crippen LogP contribution in [0, 0.1) is 0 Å². The molecule has 1 aromatic rings. The molecule has 1 radical (unpaired) electrons. The predicted octanol–water partition coefficient (Wildman–Crippen LogP) is 2.88. The van der Waals surface area contributed by atoms with Crippen LogP contribution < -0.4 is 4.90 Å². The van der Waals surface area contributed by atoms with Crippen molar-refractivity contribution in [3.63, 3.8) is 0 Å². The average molecular weight is 240 g/mol. The molecule has 0 aromatic carbocycles. The summed E-state index contributed by atoms with van der Waals surface area (Å²) in [6.07, 6.45) is 17.6. The summed E-state index contributed by atoms with van der Waals surface area (Å²) in [5, 5.41) is 0.775. The first-order chi connectivity index (χ1) is 8.33. The van der Waals surface area contributed by atoms with E-state index in [0.717, 1.165) is 17.4 Å². The number of aromatic nitrogens is 2. The van der Waals surface area contributed by atoms with Gasteiger partial charge in [0.1, 0.15) is 10.6 Å². The molecule has 1 spiro atoms. The van der Waals surface area contributed by atoms with Crippen molar-refractivity contribution in [3.8, 4) is 0 Å². The zero-order chi connectivity index (χ0) is 11.5. The van der Waals surface area contributed by atoms with Gasteiger partial charge in [-0.2, -0.15) is 0 Å². The lowest BCUT2D eigenvalue weighted by molar-refractivity contribution is 0.652. The van der Waals surface area contributed by atoms with Gasteiger partial charge in [-0.3, -0.25) is 4.57 Å². The van der Waals surface area contributed by atoms with Crippen molar-refractivity contribution in [2.45, 2.75) is 17.0 Å². The summed E-state index contributed by atoms with van der Waals surface area (Å²) >= 11 is 5.36. The van der Waals surface area contributed by atoms with E-state index in [4.69, 9.17) is 12.6 Å². The molecule has 2 aliphatic heterocycles. The van der Waals surface area contributed by atoms with Gasteiger partial charge in [0.25, 0.3) is 0 Å². The third kappa shape index (κ3) is 0.947. The van der Waals surface area contributed by atoms with Crippen LogP contribution in [-0.4, -0.2) is 15.1 Å². The molecular weight excluding hydrogens is 230 g/mol. The van der Waals surface area contributed by atoms with E-state index in [-0.39, 0.29) is 5.54 Å². The normalized spacial score (nSPS) is 27.8. The van der Waals surface area contributed by atoms with Gasteiger partial charge in [-0.15, -0.1) is 0 Å². The largest absolute Gasteiger partial charge is 0.303 e. The fraction of sp³-hybridized carbons (Fsp3) is 0.154. The van der Waals surface area contributed by atoms with Gasteiger partial charge in [0.2, 0.25) is 5.95 Å². The van der Waals surface area contributed by atoms with Gasteiger partial charge in [-0.25, -0.2) is 4.98 Å². The molecule has 0 fully saturated rings. The van der Waals surface area contributed by atoms with Gasteiger partial charge in [0.15, 0.2) is 0 Å². The molecule has 0 bridgehead atoms. The minimum atomic E-state index is -0.110. The first kappa shape index (κ1) is 9.24. The molecule has 1 atom stereocenters. The summed E-state index contributed by atoms with van der Waals surface area (Å²) in [5.41, 5.74) is 1.10. The maximum absolute atomic E-state index is 5.36. The Kier molecular flexibility index (Phi) is 1.58. The first-order valence-electron chi connectivity index (χ1n) is 5.61. The summed E-state index contributed by atoms with van der Waals surface area (Å²) in [7, 11) is 0. The van der Waals surface area contributed by atoms with Crippen LogP contribution >= 0.6 is 12.6 Å². The molecule has 83 valence electrons. The van der Waals surface area contributed by atoms with E-state index in [1.807, 2.05) is 6.08 Å². The minimum absolute atomic E-state index is 0.110. The van der Waals surface area contributed by atoms with Crippen molar-refractivity contribution < 1.29 is 0 Å². The maximum atomic E-state index is 5.36. The quantitative estimate of drug-likeness (QED) is 0.695. The van der Waals surface area contributed by atoms with E-state index < -0.39 is 0 Å². The Morgan fingerprint density at radius 3 is 3.18 bits per heavy atom. The second kappa shape index (κ2) is 2.90. The molecule has 1 aliphatic carbocycles. The standard InChI is InChI=1S/C13H10N3S/c17-11-9-14-12-15-8-4-3-7-13(15)6-2-1-5-10(13)16(11)12/h1-5,7-9H,6H2. The van der Waals surface area contributed by atoms with Crippen molar-refractivity contribution in [2.75, 3.05) is 4.90 Å². The zero-order valence-electron chi connectivity index (χ0n) is 9.08. The SMILES string of the molecule is [S]c1cnc2n1C1=CC=CCC13C=CC=CN23. The summed E-state index contributed by atoms with van der Waals surface area (Å²) in [4.78, 5) is 6.64. The predicted molar refractivity (Wildman–Crippen MR) is 69.6 cm³/mol. The Labute approximate surface area is 105 Å². The zero-order valence-corrected chi connectivity index (χ0v) is 9.89. The van der Waals surface area contributed by atoms with Gasteiger partial charge < -0.3 is 4.90 Å². The Hall–Kier alpha value is -1.81. The van der Waals surface area contributed by atoms with Crippen LogP contribution in [0.15, 0.2) is 53.9 Å². The van der Waals surface area contributed by atoms with Crippen LogP contribution in [0.5, 0.6) is 0 Å². The fourth-order valence-corrected chi connectivity index (χ4v) is 3.06. The minimum Gasteiger partial charge on any atom is -0.303 e. The molecule has 1 unspecified atom stereocenters. The van der Waals surface area contributed by atoms with E-state index in [2.05, 4.69) is 51.0 Å². The van der Waals surface area contributed by atoms with Crippen molar-refractivity contribution in [3.05, 3.63) is 48.9 Å². The van der Waals surface area contributed by atoms with E-state index in [0.29, 0.717) is 0 Å².